The van der Waals surface area contributed by atoms with E-state index >= 15 is 0 Å². The van der Waals surface area contributed by atoms with E-state index in [9.17, 15) is 5.11 Å². The van der Waals surface area contributed by atoms with Crippen molar-refractivity contribution in [1.82, 2.24) is 5.48 Å². The summed E-state index contributed by atoms with van der Waals surface area (Å²) >= 11 is 0. The average molecular weight is 436 g/mol. The molecule has 0 spiro atoms. The molecule has 182 valence electrons. The number of aliphatic hydroxyl groups is 1. The molecular weight excluding hydrogens is 386 g/mol. The molecule has 9 atom stereocenters. The first-order valence-corrected chi connectivity index (χ1v) is 11.4. The summed E-state index contributed by atoms with van der Waals surface area (Å²) in [5, 5.41) is 9.81. The largest absolute Gasteiger partial charge is 0.390 e. The minimum atomic E-state index is -0.366. The van der Waals surface area contributed by atoms with Crippen LogP contribution in [0.3, 0.4) is 0 Å². The van der Waals surface area contributed by atoms with Gasteiger partial charge in [-0.2, -0.15) is 5.48 Å². The molecule has 0 saturated carbocycles. The van der Waals surface area contributed by atoms with Gasteiger partial charge in [0.25, 0.3) is 0 Å². The first kappa shape index (κ1) is 29.7. The van der Waals surface area contributed by atoms with Crippen LogP contribution in [0.1, 0.15) is 60.8 Å². The van der Waals surface area contributed by atoms with Gasteiger partial charge in [0.2, 0.25) is 0 Å². The minimum absolute atomic E-state index is 0.0404. The third kappa shape index (κ3) is 9.07. The Kier molecular flexibility index (Phi) is 16.2. The molecule has 1 heterocycles. The van der Waals surface area contributed by atoms with Gasteiger partial charge in [-0.3, -0.25) is 0 Å². The second-order valence-electron chi connectivity index (χ2n) is 8.54. The Labute approximate surface area is 185 Å². The first-order chi connectivity index (χ1) is 14.2. The van der Waals surface area contributed by atoms with E-state index in [1.165, 1.54) is 0 Å². The maximum absolute atomic E-state index is 9.81. The molecule has 1 aliphatic rings. The van der Waals surface area contributed by atoms with Crippen LogP contribution in [0.2, 0.25) is 0 Å². The second-order valence-corrected chi connectivity index (χ2v) is 8.54. The molecule has 0 amide bonds. The van der Waals surface area contributed by atoms with Crippen molar-refractivity contribution < 1.29 is 28.9 Å². The predicted octanol–water partition coefficient (Wildman–Crippen LogP) is 3.64. The fraction of sp³-hybridized carbons (Fsp3) is 1.00. The van der Waals surface area contributed by atoms with Crippen LogP contribution in [0.15, 0.2) is 0 Å². The molecule has 1 rings (SSSR count). The highest BCUT2D eigenvalue weighted by Crippen LogP contribution is 2.32. The fourth-order valence-corrected chi connectivity index (χ4v) is 4.09. The van der Waals surface area contributed by atoms with Gasteiger partial charge < -0.3 is 28.9 Å². The number of hydroxylamine groups is 1. The zero-order valence-corrected chi connectivity index (χ0v) is 21.0. The quantitative estimate of drug-likeness (QED) is 0.453. The standard InChI is InChI=1S/C12H26O3.C11H23NO3/c1-6-11(13)12(15-5)10(3)9(2)7-8-14-4;1-6-9-10(13-4)7(2)8(3)11(15-9)12-14-5/h9-13H,6-8H2,1-5H3;7-12H,6H2,1-5H3. The smallest absolute Gasteiger partial charge is 0.133 e. The lowest BCUT2D eigenvalue weighted by Crippen LogP contribution is -2.54. The van der Waals surface area contributed by atoms with Gasteiger partial charge in [-0.15, -0.1) is 0 Å². The molecule has 9 unspecified atom stereocenters. The van der Waals surface area contributed by atoms with Crippen LogP contribution >= 0.6 is 0 Å². The van der Waals surface area contributed by atoms with E-state index in [1.54, 1.807) is 28.4 Å². The predicted molar refractivity (Wildman–Crippen MR) is 120 cm³/mol. The van der Waals surface area contributed by atoms with Crippen molar-refractivity contribution in [1.29, 1.82) is 0 Å². The summed E-state index contributed by atoms with van der Waals surface area (Å²) in [4.78, 5) is 4.95. The molecule has 1 saturated heterocycles. The van der Waals surface area contributed by atoms with Crippen molar-refractivity contribution in [3.63, 3.8) is 0 Å². The minimum Gasteiger partial charge on any atom is -0.390 e. The Morgan fingerprint density at radius 3 is 2.10 bits per heavy atom. The molecule has 2 N–H and O–H groups in total. The van der Waals surface area contributed by atoms with Crippen molar-refractivity contribution in [3.8, 4) is 0 Å². The van der Waals surface area contributed by atoms with E-state index in [0.29, 0.717) is 23.7 Å². The van der Waals surface area contributed by atoms with Crippen LogP contribution in [0, 0.1) is 23.7 Å². The highest BCUT2D eigenvalue weighted by atomic mass is 16.7. The fourth-order valence-electron chi connectivity index (χ4n) is 4.09. The maximum atomic E-state index is 9.81. The molecular formula is C23H49NO6. The Hall–Kier alpha value is -0.280. The van der Waals surface area contributed by atoms with Gasteiger partial charge in [0.05, 0.1) is 31.5 Å². The molecule has 0 aromatic heterocycles. The first-order valence-electron chi connectivity index (χ1n) is 11.4. The summed E-state index contributed by atoms with van der Waals surface area (Å²) in [5.41, 5.74) is 2.90. The molecule has 1 fully saturated rings. The number of hydrogen-bond donors (Lipinski definition) is 2. The lowest BCUT2D eigenvalue weighted by atomic mass is 9.83. The van der Waals surface area contributed by atoms with Crippen LogP contribution in [0.5, 0.6) is 0 Å². The van der Waals surface area contributed by atoms with Crippen molar-refractivity contribution >= 4 is 0 Å². The van der Waals surface area contributed by atoms with Crippen LogP contribution in [-0.4, -0.2) is 70.8 Å². The summed E-state index contributed by atoms with van der Waals surface area (Å²) in [7, 11) is 6.75. The van der Waals surface area contributed by atoms with Gasteiger partial charge in [0, 0.05) is 33.9 Å². The van der Waals surface area contributed by atoms with Crippen molar-refractivity contribution in [2.24, 2.45) is 23.7 Å². The second kappa shape index (κ2) is 16.4. The molecule has 0 aromatic rings. The number of nitrogens with one attached hydrogen (secondary N) is 1. The topological polar surface area (TPSA) is 78.4 Å². The molecule has 7 heteroatoms. The van der Waals surface area contributed by atoms with E-state index in [4.69, 9.17) is 23.8 Å². The van der Waals surface area contributed by atoms with E-state index < -0.39 is 0 Å². The molecule has 7 nitrogen and oxygen atoms in total. The third-order valence-electron chi connectivity index (χ3n) is 6.68. The third-order valence-corrected chi connectivity index (χ3v) is 6.68. The molecule has 30 heavy (non-hydrogen) atoms. The highest BCUT2D eigenvalue weighted by Gasteiger charge is 2.40. The van der Waals surface area contributed by atoms with Crippen LogP contribution in [0.25, 0.3) is 0 Å². The number of methoxy groups -OCH3 is 3. The van der Waals surface area contributed by atoms with Crippen molar-refractivity contribution in [2.75, 3.05) is 35.0 Å². The summed E-state index contributed by atoms with van der Waals surface area (Å²) in [6.45, 7) is 13.5. The average Bonchev–Trinajstić information content (AvgIpc) is 2.75. The van der Waals surface area contributed by atoms with Crippen molar-refractivity contribution in [3.05, 3.63) is 0 Å². The SMILES string of the molecule is CCC(O)C(OC)C(C)C(C)CCOC.CCC1OC(NOC)C(C)C(C)C1OC. The molecule has 0 aliphatic carbocycles. The number of aliphatic hydroxyl groups excluding tert-OH is 1. The van der Waals surface area contributed by atoms with Crippen LogP contribution < -0.4 is 5.48 Å². The zero-order valence-electron chi connectivity index (χ0n) is 21.0. The zero-order chi connectivity index (χ0) is 23.3. The van der Waals surface area contributed by atoms with E-state index in [1.807, 2.05) is 6.92 Å². The number of rotatable bonds is 12. The molecule has 0 aromatic carbocycles. The molecule has 0 bridgehead atoms. The van der Waals surface area contributed by atoms with Gasteiger partial charge in [0.1, 0.15) is 6.23 Å². The number of ether oxygens (including phenoxy) is 4. The van der Waals surface area contributed by atoms with Crippen LogP contribution in [-0.2, 0) is 23.8 Å². The lowest BCUT2D eigenvalue weighted by Gasteiger charge is -2.43. The van der Waals surface area contributed by atoms with Gasteiger partial charge in [0.15, 0.2) is 0 Å². The van der Waals surface area contributed by atoms with E-state index in [-0.39, 0.29) is 30.6 Å². The maximum Gasteiger partial charge on any atom is 0.133 e. The van der Waals surface area contributed by atoms with Gasteiger partial charge in [-0.25, -0.2) is 0 Å². The Bertz CT molecular complexity index is 402. The summed E-state index contributed by atoms with van der Waals surface area (Å²) < 4.78 is 21.8. The van der Waals surface area contributed by atoms with Crippen LogP contribution in [0.4, 0.5) is 0 Å². The summed E-state index contributed by atoms with van der Waals surface area (Å²) in [6.07, 6.45) is 2.55. The summed E-state index contributed by atoms with van der Waals surface area (Å²) in [6, 6.07) is 0. The lowest BCUT2D eigenvalue weighted by molar-refractivity contribution is -0.217. The highest BCUT2D eigenvalue weighted by molar-refractivity contribution is 4.86. The van der Waals surface area contributed by atoms with E-state index in [2.05, 4.69) is 40.1 Å². The Morgan fingerprint density at radius 1 is 1.03 bits per heavy atom. The molecule has 1 aliphatic heterocycles. The van der Waals surface area contributed by atoms with Crippen molar-refractivity contribution in [2.45, 2.75) is 91.4 Å². The number of hydrogen-bond acceptors (Lipinski definition) is 7. The van der Waals surface area contributed by atoms with Gasteiger partial charge in [-0.1, -0.05) is 41.5 Å². The normalized spacial score (nSPS) is 30.7. The van der Waals surface area contributed by atoms with E-state index in [0.717, 1.165) is 25.9 Å². The Balaban J connectivity index is 0.000000561. The Morgan fingerprint density at radius 2 is 1.67 bits per heavy atom. The summed E-state index contributed by atoms with van der Waals surface area (Å²) in [5.74, 6) is 1.68. The van der Waals surface area contributed by atoms with Gasteiger partial charge >= 0.3 is 0 Å². The van der Waals surface area contributed by atoms with Gasteiger partial charge in [-0.05, 0) is 37.0 Å². The monoisotopic (exact) mass is 435 g/mol. The molecule has 0 radical (unpaired) electrons.